The number of nitrogens with one attached hydrogen (secondary N) is 1. The molecule has 2 aliphatic heterocycles. The van der Waals surface area contributed by atoms with Crippen LogP contribution in [0.3, 0.4) is 0 Å². The summed E-state index contributed by atoms with van der Waals surface area (Å²) >= 11 is 1.94. The third-order valence-electron chi connectivity index (χ3n) is 3.99. The van der Waals surface area contributed by atoms with Gasteiger partial charge in [0.25, 0.3) is 0 Å². The maximum Gasteiger partial charge on any atom is 0.237 e. The molecule has 3 rings (SSSR count). The lowest BCUT2D eigenvalue weighted by Crippen LogP contribution is -2.48. The number of ether oxygens (including phenoxy) is 3. The molecule has 0 aliphatic carbocycles. The van der Waals surface area contributed by atoms with Crippen LogP contribution in [0.25, 0.3) is 0 Å². The summed E-state index contributed by atoms with van der Waals surface area (Å²) in [5.74, 6) is 4.41. The predicted molar refractivity (Wildman–Crippen MR) is 89.4 cm³/mol. The summed E-state index contributed by atoms with van der Waals surface area (Å²) in [7, 11) is 0. The lowest BCUT2D eigenvalue weighted by Gasteiger charge is -2.31. The molecule has 1 aromatic carbocycles. The first-order valence-corrected chi connectivity index (χ1v) is 9.01. The van der Waals surface area contributed by atoms with E-state index in [1.165, 1.54) is 0 Å². The van der Waals surface area contributed by atoms with E-state index in [1.54, 1.807) is 6.07 Å². The smallest absolute Gasteiger partial charge is 0.237 e. The van der Waals surface area contributed by atoms with Gasteiger partial charge >= 0.3 is 0 Å². The van der Waals surface area contributed by atoms with Crippen molar-refractivity contribution in [2.24, 2.45) is 0 Å². The van der Waals surface area contributed by atoms with E-state index in [1.807, 2.05) is 30.8 Å². The number of benzene rings is 1. The molecule has 23 heavy (non-hydrogen) atoms. The molecule has 2 aliphatic rings. The summed E-state index contributed by atoms with van der Waals surface area (Å²) in [6.07, 6.45) is 0. The van der Waals surface area contributed by atoms with Crippen molar-refractivity contribution in [1.29, 1.82) is 0 Å². The Hall–Kier alpha value is -1.60. The van der Waals surface area contributed by atoms with Gasteiger partial charge in [0, 0.05) is 30.7 Å². The van der Waals surface area contributed by atoms with Crippen LogP contribution in [0.4, 0.5) is 0 Å². The van der Waals surface area contributed by atoms with Gasteiger partial charge in [0.2, 0.25) is 12.7 Å². The summed E-state index contributed by atoms with van der Waals surface area (Å²) in [6, 6.07) is 5.38. The third-order valence-corrected chi connectivity index (χ3v) is 4.93. The first-order chi connectivity index (χ1) is 11.2. The summed E-state index contributed by atoms with van der Waals surface area (Å²) < 4.78 is 16.2. The molecule has 1 saturated heterocycles. The molecule has 0 radical (unpaired) electrons. The van der Waals surface area contributed by atoms with E-state index in [0.717, 1.165) is 30.3 Å². The molecule has 7 heteroatoms. The second-order valence-corrected chi connectivity index (χ2v) is 6.70. The summed E-state index contributed by atoms with van der Waals surface area (Å²) in [4.78, 5) is 14.4. The Kier molecular flexibility index (Phi) is 5.51. The maximum atomic E-state index is 12.2. The Morgan fingerprint density at radius 3 is 2.96 bits per heavy atom. The normalized spacial score (nSPS) is 18.5. The Labute approximate surface area is 140 Å². The number of carbonyl (C=O) groups excluding carboxylic acids is 1. The molecular formula is C16H22N2O4S. The van der Waals surface area contributed by atoms with Crippen molar-refractivity contribution >= 4 is 17.7 Å². The molecule has 1 aromatic rings. The third kappa shape index (κ3) is 4.23. The molecule has 1 atom stereocenters. The quantitative estimate of drug-likeness (QED) is 0.790. The first-order valence-electron chi connectivity index (χ1n) is 7.86. The van der Waals surface area contributed by atoms with Crippen molar-refractivity contribution in [3.05, 3.63) is 18.2 Å². The molecule has 0 bridgehead atoms. The number of rotatable bonds is 6. The first kappa shape index (κ1) is 16.3. The molecule has 126 valence electrons. The van der Waals surface area contributed by atoms with Gasteiger partial charge in [-0.25, -0.2) is 0 Å². The zero-order valence-corrected chi connectivity index (χ0v) is 14.1. The topological polar surface area (TPSA) is 60.0 Å². The average molecular weight is 338 g/mol. The second kappa shape index (κ2) is 7.79. The molecule has 1 unspecified atom stereocenters. The van der Waals surface area contributed by atoms with Gasteiger partial charge in [-0.15, -0.1) is 0 Å². The van der Waals surface area contributed by atoms with Crippen LogP contribution >= 0.6 is 11.8 Å². The highest BCUT2D eigenvalue weighted by Gasteiger charge is 2.22. The van der Waals surface area contributed by atoms with Crippen LogP contribution in [0.2, 0.25) is 0 Å². The number of fused-ring (bicyclic) bond motifs is 1. The van der Waals surface area contributed by atoms with Gasteiger partial charge in [0.05, 0.1) is 12.6 Å². The monoisotopic (exact) mass is 338 g/mol. The van der Waals surface area contributed by atoms with Gasteiger partial charge in [0.15, 0.2) is 11.5 Å². The number of carbonyl (C=O) groups is 1. The van der Waals surface area contributed by atoms with Crippen LogP contribution in [-0.4, -0.2) is 61.4 Å². The lowest BCUT2D eigenvalue weighted by atomic mass is 10.2. The molecular weight excluding hydrogens is 316 g/mol. The van der Waals surface area contributed by atoms with Crippen LogP contribution in [0, 0.1) is 0 Å². The minimum atomic E-state index is -0.0820. The summed E-state index contributed by atoms with van der Waals surface area (Å²) in [6.45, 7) is 5.08. The van der Waals surface area contributed by atoms with Crippen molar-refractivity contribution in [2.75, 3.05) is 44.5 Å². The maximum absolute atomic E-state index is 12.2. The molecule has 2 heterocycles. The zero-order chi connectivity index (χ0) is 16.1. The zero-order valence-electron chi connectivity index (χ0n) is 13.2. The fourth-order valence-corrected chi connectivity index (χ4v) is 3.52. The van der Waals surface area contributed by atoms with Gasteiger partial charge in [-0.3, -0.25) is 9.69 Å². The number of hydrogen-bond donors (Lipinski definition) is 1. The Balaban J connectivity index is 1.38. The van der Waals surface area contributed by atoms with Gasteiger partial charge in [-0.1, -0.05) is 0 Å². The van der Waals surface area contributed by atoms with Crippen LogP contribution < -0.4 is 19.5 Å². The van der Waals surface area contributed by atoms with Crippen molar-refractivity contribution in [3.8, 4) is 17.2 Å². The van der Waals surface area contributed by atoms with Crippen molar-refractivity contribution in [2.45, 2.75) is 13.0 Å². The van der Waals surface area contributed by atoms with E-state index in [-0.39, 0.29) is 18.7 Å². The lowest BCUT2D eigenvalue weighted by molar-refractivity contribution is -0.125. The second-order valence-electron chi connectivity index (χ2n) is 5.48. The fourth-order valence-electron chi connectivity index (χ4n) is 2.59. The largest absolute Gasteiger partial charge is 0.492 e. The van der Waals surface area contributed by atoms with E-state index >= 15 is 0 Å². The highest BCUT2D eigenvalue weighted by molar-refractivity contribution is 7.99. The van der Waals surface area contributed by atoms with Gasteiger partial charge in [0.1, 0.15) is 12.4 Å². The van der Waals surface area contributed by atoms with Crippen LogP contribution in [0.1, 0.15) is 6.92 Å². The van der Waals surface area contributed by atoms with Gasteiger partial charge < -0.3 is 19.5 Å². The minimum absolute atomic E-state index is 0.0613. The number of hydrogen-bond acceptors (Lipinski definition) is 6. The highest BCUT2D eigenvalue weighted by atomic mass is 32.2. The minimum Gasteiger partial charge on any atom is -0.492 e. The van der Waals surface area contributed by atoms with Crippen molar-refractivity contribution < 1.29 is 19.0 Å². The summed E-state index contributed by atoms with van der Waals surface area (Å²) in [5, 5.41) is 2.93. The molecule has 1 fully saturated rings. The Morgan fingerprint density at radius 1 is 1.35 bits per heavy atom. The SMILES string of the molecule is CC(C(=O)NCCOc1ccc2c(c1)OCO2)N1CCSCC1. The molecule has 0 saturated carbocycles. The standard InChI is InChI=1S/C16H22N2O4S/c1-12(18-5-8-23-9-6-18)16(19)17-4-7-20-13-2-3-14-15(10-13)22-11-21-14/h2-3,10,12H,4-9,11H2,1H3,(H,17,19). The number of nitrogens with zero attached hydrogens (tertiary/aromatic N) is 1. The molecule has 1 amide bonds. The fraction of sp³-hybridized carbons (Fsp3) is 0.562. The van der Waals surface area contributed by atoms with E-state index in [0.29, 0.717) is 24.7 Å². The van der Waals surface area contributed by atoms with Gasteiger partial charge in [-0.05, 0) is 19.1 Å². The number of amides is 1. The molecule has 0 spiro atoms. The molecule has 6 nitrogen and oxygen atoms in total. The Morgan fingerprint density at radius 2 is 2.13 bits per heavy atom. The molecule has 1 N–H and O–H groups in total. The van der Waals surface area contributed by atoms with Crippen LogP contribution in [0.15, 0.2) is 18.2 Å². The average Bonchev–Trinajstić information content (AvgIpc) is 3.06. The Bertz CT molecular complexity index is 549. The van der Waals surface area contributed by atoms with Crippen LogP contribution in [-0.2, 0) is 4.79 Å². The van der Waals surface area contributed by atoms with E-state index in [9.17, 15) is 4.79 Å². The van der Waals surface area contributed by atoms with Gasteiger partial charge in [-0.2, -0.15) is 11.8 Å². The number of thioether (sulfide) groups is 1. The van der Waals surface area contributed by atoms with E-state index in [4.69, 9.17) is 14.2 Å². The van der Waals surface area contributed by atoms with Crippen LogP contribution in [0.5, 0.6) is 17.2 Å². The van der Waals surface area contributed by atoms with E-state index in [2.05, 4.69) is 10.2 Å². The van der Waals surface area contributed by atoms with Crippen molar-refractivity contribution in [3.63, 3.8) is 0 Å². The van der Waals surface area contributed by atoms with Crippen molar-refractivity contribution in [1.82, 2.24) is 10.2 Å². The summed E-state index contributed by atoms with van der Waals surface area (Å²) in [5.41, 5.74) is 0. The highest BCUT2D eigenvalue weighted by Crippen LogP contribution is 2.34. The predicted octanol–water partition coefficient (Wildman–Crippen LogP) is 1.35. The van der Waals surface area contributed by atoms with E-state index < -0.39 is 0 Å². The molecule has 0 aromatic heterocycles.